The predicted octanol–water partition coefficient (Wildman–Crippen LogP) is 2.37. The first-order valence-corrected chi connectivity index (χ1v) is 12.3. The van der Waals surface area contributed by atoms with Gasteiger partial charge in [0.05, 0.1) is 18.4 Å². The van der Waals surface area contributed by atoms with Crippen molar-refractivity contribution in [3.05, 3.63) is 36.1 Å². The average Bonchev–Trinajstić information content (AvgIpc) is 3.70. The minimum atomic E-state index is -0.642. The van der Waals surface area contributed by atoms with Gasteiger partial charge in [-0.05, 0) is 36.7 Å². The molecule has 4 heterocycles. The first-order valence-electron chi connectivity index (χ1n) is 12.3. The Labute approximate surface area is 198 Å². The Morgan fingerprint density at radius 1 is 1.26 bits per heavy atom. The van der Waals surface area contributed by atoms with Crippen molar-refractivity contribution in [3.8, 4) is 0 Å². The maximum Gasteiger partial charge on any atom is 0.334 e. The number of epoxide rings is 3. The van der Waals surface area contributed by atoms with Crippen LogP contribution in [0.15, 0.2) is 36.1 Å². The molecule has 7 aliphatic rings. The molecule has 34 heavy (non-hydrogen) atoms. The third-order valence-corrected chi connectivity index (χ3v) is 9.83. The first-order chi connectivity index (χ1) is 16.3. The van der Waals surface area contributed by atoms with E-state index in [1.54, 1.807) is 0 Å². The molecule has 0 N–H and O–H groups in total. The highest BCUT2D eigenvalue weighted by Crippen LogP contribution is 2.83. The number of carbonyl (C=O) groups excluding carboxylic acids is 2. The molecule has 3 aliphatic carbocycles. The third-order valence-electron chi connectivity index (χ3n) is 9.83. The van der Waals surface area contributed by atoms with E-state index in [0.29, 0.717) is 13.0 Å². The molecule has 2 saturated carbocycles. The minimum absolute atomic E-state index is 0.0609. The van der Waals surface area contributed by atoms with Crippen molar-refractivity contribution in [2.45, 2.75) is 81.3 Å². The van der Waals surface area contributed by atoms with E-state index in [1.807, 2.05) is 0 Å². The fourth-order valence-electron chi connectivity index (χ4n) is 8.23. The van der Waals surface area contributed by atoms with Crippen LogP contribution in [0.2, 0.25) is 0 Å². The zero-order chi connectivity index (χ0) is 23.7. The number of esters is 2. The van der Waals surface area contributed by atoms with E-state index >= 15 is 0 Å². The van der Waals surface area contributed by atoms with E-state index in [0.717, 1.165) is 24.0 Å². The van der Waals surface area contributed by atoms with Crippen LogP contribution in [-0.4, -0.2) is 66.4 Å². The summed E-state index contributed by atoms with van der Waals surface area (Å²) in [5.41, 5.74) is 0.0554. The molecule has 0 amide bonds. The van der Waals surface area contributed by atoms with Crippen LogP contribution in [0.5, 0.6) is 0 Å². The summed E-state index contributed by atoms with van der Waals surface area (Å²) in [5, 5.41) is 0. The van der Waals surface area contributed by atoms with E-state index in [1.165, 1.54) is 18.4 Å². The van der Waals surface area contributed by atoms with Crippen LogP contribution in [0.3, 0.4) is 0 Å². The molecular formula is C26H30O8. The molecule has 9 atom stereocenters. The van der Waals surface area contributed by atoms with Crippen molar-refractivity contribution in [1.82, 2.24) is 0 Å². The standard InChI is InChI=1S/C26H30O8/c1-5-9-29-18(27)7-10-30-22-24(13(2)3)19(33-24)20-26(34-20)23(4)8-6-14-15(12-31-21(14)28)16(23)11-17-25(22,26)32-17/h5,7,10,13,16-17,19-20,22H,1,6,8-9,11-12H2,2-4H3/b10-7+/t16-,17-,19-,20-,22+,23-,24-,25+,26+/m0/s1. The quantitative estimate of drug-likeness (QED) is 0.192. The van der Waals surface area contributed by atoms with Gasteiger partial charge >= 0.3 is 11.9 Å². The Morgan fingerprint density at radius 3 is 2.85 bits per heavy atom. The fourth-order valence-corrected chi connectivity index (χ4v) is 8.23. The smallest absolute Gasteiger partial charge is 0.334 e. The minimum Gasteiger partial charge on any atom is -0.491 e. The molecule has 8 nitrogen and oxygen atoms in total. The molecule has 5 fully saturated rings. The van der Waals surface area contributed by atoms with Gasteiger partial charge in [0.2, 0.25) is 0 Å². The number of fused-ring (bicyclic) bond motifs is 4. The van der Waals surface area contributed by atoms with Gasteiger partial charge in [0, 0.05) is 11.0 Å². The van der Waals surface area contributed by atoms with E-state index < -0.39 is 28.9 Å². The second-order valence-electron chi connectivity index (χ2n) is 11.2. The van der Waals surface area contributed by atoms with Crippen molar-refractivity contribution in [3.63, 3.8) is 0 Å². The van der Waals surface area contributed by atoms with Crippen molar-refractivity contribution < 1.29 is 38.0 Å². The van der Waals surface area contributed by atoms with Crippen LogP contribution >= 0.6 is 0 Å². The summed E-state index contributed by atoms with van der Waals surface area (Å²) in [4.78, 5) is 24.3. The highest BCUT2D eigenvalue weighted by atomic mass is 16.8. The number of cyclic esters (lactones) is 1. The zero-order valence-corrected chi connectivity index (χ0v) is 19.7. The molecule has 0 radical (unpaired) electrons. The van der Waals surface area contributed by atoms with Gasteiger partial charge < -0.3 is 28.4 Å². The molecule has 0 aromatic carbocycles. The lowest BCUT2D eigenvalue weighted by molar-refractivity contribution is -0.137. The van der Waals surface area contributed by atoms with Gasteiger partial charge in [0.15, 0.2) is 11.7 Å². The lowest BCUT2D eigenvalue weighted by atomic mass is 9.46. The Bertz CT molecular complexity index is 1080. The summed E-state index contributed by atoms with van der Waals surface area (Å²) in [6.07, 6.45) is 5.94. The molecule has 2 spiro atoms. The summed E-state index contributed by atoms with van der Waals surface area (Å²) in [7, 11) is 0. The Hall–Kier alpha value is -2.16. The number of carbonyl (C=O) groups is 2. The van der Waals surface area contributed by atoms with Crippen molar-refractivity contribution >= 4 is 11.9 Å². The van der Waals surface area contributed by atoms with E-state index in [2.05, 4.69) is 27.4 Å². The summed E-state index contributed by atoms with van der Waals surface area (Å²) in [6, 6.07) is 0. The molecule has 3 saturated heterocycles. The topological polar surface area (TPSA) is 99.4 Å². The van der Waals surface area contributed by atoms with E-state index in [4.69, 9.17) is 28.4 Å². The van der Waals surface area contributed by atoms with Gasteiger partial charge in [0.1, 0.15) is 36.6 Å². The van der Waals surface area contributed by atoms with Gasteiger partial charge in [-0.1, -0.05) is 33.4 Å². The average molecular weight is 471 g/mol. The van der Waals surface area contributed by atoms with Crippen LogP contribution in [-0.2, 0) is 38.0 Å². The van der Waals surface area contributed by atoms with Gasteiger partial charge in [-0.15, -0.1) is 0 Å². The second-order valence-corrected chi connectivity index (χ2v) is 11.2. The predicted molar refractivity (Wildman–Crippen MR) is 116 cm³/mol. The highest BCUT2D eigenvalue weighted by molar-refractivity contribution is 5.92. The van der Waals surface area contributed by atoms with E-state index in [-0.39, 0.29) is 48.1 Å². The fraction of sp³-hybridized carbons (Fsp3) is 0.692. The number of ether oxygens (including phenoxy) is 6. The molecule has 182 valence electrons. The Morgan fingerprint density at radius 2 is 2.09 bits per heavy atom. The van der Waals surface area contributed by atoms with Crippen molar-refractivity contribution in [1.29, 1.82) is 0 Å². The van der Waals surface area contributed by atoms with Crippen LogP contribution in [0.25, 0.3) is 0 Å². The summed E-state index contributed by atoms with van der Waals surface area (Å²) in [6.45, 7) is 10.6. The van der Waals surface area contributed by atoms with Gasteiger partial charge in [-0.3, -0.25) is 0 Å². The van der Waals surface area contributed by atoms with Gasteiger partial charge in [-0.25, -0.2) is 9.59 Å². The second kappa shape index (κ2) is 6.33. The zero-order valence-electron chi connectivity index (χ0n) is 19.7. The molecule has 7 rings (SSSR count). The van der Waals surface area contributed by atoms with Crippen LogP contribution < -0.4 is 0 Å². The molecule has 0 bridgehead atoms. The Kier molecular flexibility index (Phi) is 3.94. The highest BCUT2D eigenvalue weighted by Gasteiger charge is 3.01. The van der Waals surface area contributed by atoms with Crippen molar-refractivity contribution in [2.24, 2.45) is 17.3 Å². The summed E-state index contributed by atoms with van der Waals surface area (Å²) in [5.74, 6) is -0.309. The monoisotopic (exact) mass is 470 g/mol. The molecule has 0 aromatic heterocycles. The number of hydrogen-bond acceptors (Lipinski definition) is 8. The van der Waals surface area contributed by atoms with Gasteiger partial charge in [-0.2, -0.15) is 0 Å². The lowest BCUT2D eigenvalue weighted by Crippen LogP contribution is -2.69. The van der Waals surface area contributed by atoms with E-state index in [9.17, 15) is 9.59 Å². The summed E-state index contributed by atoms with van der Waals surface area (Å²) < 4.78 is 36.6. The van der Waals surface area contributed by atoms with Crippen molar-refractivity contribution in [2.75, 3.05) is 13.2 Å². The molecule has 0 aromatic rings. The first kappa shape index (κ1) is 21.1. The van der Waals surface area contributed by atoms with Crippen LogP contribution in [0.4, 0.5) is 0 Å². The lowest BCUT2D eigenvalue weighted by Gasteiger charge is -2.53. The maximum atomic E-state index is 12.3. The summed E-state index contributed by atoms with van der Waals surface area (Å²) >= 11 is 0. The maximum absolute atomic E-state index is 12.3. The third kappa shape index (κ3) is 2.13. The van der Waals surface area contributed by atoms with Gasteiger partial charge in [0.25, 0.3) is 0 Å². The SMILES string of the molecule is C=CCOC(=O)/C=C/O[C@@H]1[C@@]2(C(C)C)O[C@H]2[C@@H]2O[C@]23[C@]12O[C@H]2C[C@H]1C2=C(CC[C@@]13C)C(=O)OC2. The Balaban J connectivity index is 1.26. The largest absolute Gasteiger partial charge is 0.491 e. The molecule has 4 aliphatic heterocycles. The molecule has 0 unspecified atom stereocenters. The molecular weight excluding hydrogens is 440 g/mol. The van der Waals surface area contributed by atoms with Crippen LogP contribution in [0, 0.1) is 17.3 Å². The number of hydrogen-bond donors (Lipinski definition) is 0. The molecule has 8 heteroatoms. The van der Waals surface area contributed by atoms with Crippen LogP contribution in [0.1, 0.15) is 40.0 Å². The number of rotatable bonds is 6. The normalized spacial score (nSPS) is 50.8.